The predicted octanol–water partition coefficient (Wildman–Crippen LogP) is 1.07. The number of rotatable bonds is 7. The molecule has 1 aromatic rings. The normalized spacial score (nSPS) is 16.8. The zero-order chi connectivity index (χ0) is 15.8. The van der Waals surface area contributed by atoms with E-state index in [1.165, 1.54) is 37.3 Å². The van der Waals surface area contributed by atoms with Crippen LogP contribution in [0.15, 0.2) is 24.3 Å². The number of carbonyl (C=O) groups is 1. The van der Waals surface area contributed by atoms with Gasteiger partial charge in [0.1, 0.15) is 24.1 Å². The summed E-state index contributed by atoms with van der Waals surface area (Å²) in [6, 6.07) is 7.13. The number of hydrogen-bond acceptors (Lipinski definition) is 4. The van der Waals surface area contributed by atoms with E-state index in [4.69, 9.17) is 14.2 Å². The van der Waals surface area contributed by atoms with Crippen molar-refractivity contribution in [3.8, 4) is 11.5 Å². The molecule has 1 fully saturated rings. The summed E-state index contributed by atoms with van der Waals surface area (Å²) in [4.78, 5) is 13.3. The van der Waals surface area contributed by atoms with Crippen LogP contribution >= 0.6 is 0 Å². The third-order valence-electron chi connectivity index (χ3n) is 3.89. The summed E-state index contributed by atoms with van der Waals surface area (Å²) in [5, 5.41) is 0. The van der Waals surface area contributed by atoms with Gasteiger partial charge in [-0.15, -0.1) is 0 Å². The van der Waals surface area contributed by atoms with Gasteiger partial charge in [-0.05, 0) is 50.5 Å². The Morgan fingerprint density at radius 1 is 1.14 bits per heavy atom. The molecule has 5 heteroatoms. The summed E-state index contributed by atoms with van der Waals surface area (Å²) >= 11 is 0. The first-order valence-electron chi connectivity index (χ1n) is 7.97. The van der Waals surface area contributed by atoms with Crippen LogP contribution in [0, 0.1) is 0 Å². The molecular formula is C17H26NO4+. The third kappa shape index (κ3) is 5.56. The first kappa shape index (κ1) is 16.6. The molecule has 1 N–H and O–H groups in total. The van der Waals surface area contributed by atoms with Gasteiger partial charge in [-0.25, -0.2) is 4.79 Å². The zero-order valence-corrected chi connectivity index (χ0v) is 13.5. The Morgan fingerprint density at radius 3 is 2.41 bits per heavy atom. The predicted molar refractivity (Wildman–Crippen MR) is 83.5 cm³/mol. The number of likely N-dealkylation sites (tertiary alicyclic amines) is 1. The lowest BCUT2D eigenvalue weighted by molar-refractivity contribution is -0.907. The van der Waals surface area contributed by atoms with E-state index in [-0.39, 0.29) is 18.7 Å². The quantitative estimate of drug-likeness (QED) is 0.766. The van der Waals surface area contributed by atoms with E-state index in [9.17, 15) is 4.79 Å². The fourth-order valence-electron chi connectivity index (χ4n) is 2.78. The first-order chi connectivity index (χ1) is 10.7. The van der Waals surface area contributed by atoms with Gasteiger partial charge in [-0.2, -0.15) is 0 Å². The second-order valence-electron chi connectivity index (χ2n) is 5.78. The van der Waals surface area contributed by atoms with Crippen molar-refractivity contribution >= 4 is 5.97 Å². The van der Waals surface area contributed by atoms with Crippen molar-refractivity contribution in [2.45, 2.75) is 32.3 Å². The number of esters is 1. The molecule has 1 saturated heterocycles. The van der Waals surface area contributed by atoms with Crippen molar-refractivity contribution in [3.05, 3.63) is 24.3 Å². The molecule has 0 saturated carbocycles. The van der Waals surface area contributed by atoms with E-state index in [0.29, 0.717) is 5.75 Å². The second-order valence-corrected chi connectivity index (χ2v) is 5.78. The first-order valence-corrected chi connectivity index (χ1v) is 7.97. The molecule has 1 aliphatic rings. The maximum absolute atomic E-state index is 11.8. The molecule has 122 valence electrons. The largest absolute Gasteiger partial charge is 0.497 e. The van der Waals surface area contributed by atoms with E-state index >= 15 is 0 Å². The van der Waals surface area contributed by atoms with Gasteiger partial charge in [-0.3, -0.25) is 0 Å². The average Bonchev–Trinajstić information content (AvgIpc) is 2.54. The molecule has 1 aliphatic heterocycles. The molecule has 1 aromatic carbocycles. The number of quaternary nitrogens is 1. The monoisotopic (exact) mass is 308 g/mol. The highest BCUT2D eigenvalue weighted by Crippen LogP contribution is 2.16. The molecule has 0 aromatic heterocycles. The van der Waals surface area contributed by atoms with Crippen molar-refractivity contribution < 1.29 is 23.9 Å². The van der Waals surface area contributed by atoms with Crippen molar-refractivity contribution in [1.29, 1.82) is 0 Å². The van der Waals surface area contributed by atoms with Crippen molar-refractivity contribution in [2.24, 2.45) is 0 Å². The molecular weight excluding hydrogens is 282 g/mol. The lowest BCUT2D eigenvalue weighted by Crippen LogP contribution is -3.13. The Kier molecular flexibility index (Phi) is 6.52. The number of hydrogen-bond donors (Lipinski definition) is 1. The molecule has 1 heterocycles. The minimum absolute atomic E-state index is 0.0635. The lowest BCUT2D eigenvalue weighted by atomic mass is 10.1. The summed E-state index contributed by atoms with van der Waals surface area (Å²) in [5.41, 5.74) is 0. The highest BCUT2D eigenvalue weighted by molar-refractivity contribution is 5.71. The SMILES string of the molecule is COc1ccc(OCC(=O)O[C@@H](C)C[NH+]2CCCCC2)cc1. The van der Waals surface area contributed by atoms with E-state index in [1.807, 2.05) is 6.92 Å². The number of methoxy groups -OCH3 is 1. The summed E-state index contributed by atoms with van der Waals surface area (Å²) in [6.45, 7) is 5.14. The average molecular weight is 308 g/mol. The van der Waals surface area contributed by atoms with Crippen LogP contribution in [0.25, 0.3) is 0 Å². The van der Waals surface area contributed by atoms with Gasteiger partial charge in [0, 0.05) is 0 Å². The van der Waals surface area contributed by atoms with Crippen molar-refractivity contribution in [1.82, 2.24) is 0 Å². The Bertz CT molecular complexity index is 454. The smallest absolute Gasteiger partial charge is 0.344 e. The summed E-state index contributed by atoms with van der Waals surface area (Å²) in [6.07, 6.45) is 3.81. The highest BCUT2D eigenvalue weighted by atomic mass is 16.6. The van der Waals surface area contributed by atoms with Gasteiger partial charge in [0.25, 0.3) is 0 Å². The standard InChI is InChI=1S/C17H25NO4/c1-14(12-18-10-4-3-5-11-18)22-17(19)13-21-16-8-6-15(20-2)7-9-16/h6-9,14H,3-5,10-13H2,1-2H3/p+1/t14-/m0/s1. The van der Waals surface area contributed by atoms with Crippen molar-refractivity contribution in [3.63, 3.8) is 0 Å². The molecule has 22 heavy (non-hydrogen) atoms. The third-order valence-corrected chi connectivity index (χ3v) is 3.89. The molecule has 5 nitrogen and oxygen atoms in total. The maximum Gasteiger partial charge on any atom is 0.344 e. The van der Waals surface area contributed by atoms with Gasteiger partial charge in [0.2, 0.25) is 0 Å². The highest BCUT2D eigenvalue weighted by Gasteiger charge is 2.19. The fraction of sp³-hybridized carbons (Fsp3) is 0.588. The van der Waals surface area contributed by atoms with Gasteiger partial charge >= 0.3 is 5.97 Å². The number of piperidine rings is 1. The fourth-order valence-corrected chi connectivity index (χ4v) is 2.78. The maximum atomic E-state index is 11.8. The van der Waals surface area contributed by atoms with Crippen LogP contribution in [0.5, 0.6) is 11.5 Å². The Labute approximate surface area is 132 Å². The molecule has 0 unspecified atom stereocenters. The van der Waals surface area contributed by atoms with Crippen LogP contribution in [0.2, 0.25) is 0 Å². The summed E-state index contributed by atoms with van der Waals surface area (Å²) in [7, 11) is 1.61. The topological polar surface area (TPSA) is 49.2 Å². The van der Waals surface area contributed by atoms with Gasteiger partial charge in [0.15, 0.2) is 6.61 Å². The summed E-state index contributed by atoms with van der Waals surface area (Å²) in [5.74, 6) is 1.07. The van der Waals surface area contributed by atoms with Crippen LogP contribution in [-0.2, 0) is 9.53 Å². The Hall–Kier alpha value is -1.75. The number of benzene rings is 1. The van der Waals surface area contributed by atoms with Crippen LogP contribution in [0.4, 0.5) is 0 Å². The van der Waals surface area contributed by atoms with Crippen LogP contribution in [0.3, 0.4) is 0 Å². The van der Waals surface area contributed by atoms with E-state index < -0.39 is 0 Å². The lowest BCUT2D eigenvalue weighted by Gasteiger charge is -2.26. The molecule has 0 radical (unpaired) electrons. The number of nitrogens with one attached hydrogen (secondary N) is 1. The molecule has 1 atom stereocenters. The van der Waals surface area contributed by atoms with Gasteiger partial charge in [0.05, 0.1) is 20.2 Å². The van der Waals surface area contributed by atoms with Crippen LogP contribution in [-0.4, -0.2) is 45.4 Å². The van der Waals surface area contributed by atoms with Crippen LogP contribution in [0.1, 0.15) is 26.2 Å². The number of ether oxygens (including phenoxy) is 3. The van der Waals surface area contributed by atoms with Gasteiger partial charge < -0.3 is 19.1 Å². The molecule has 0 bridgehead atoms. The van der Waals surface area contributed by atoms with Crippen molar-refractivity contribution in [2.75, 3.05) is 33.4 Å². The minimum atomic E-state index is -0.320. The molecule has 0 amide bonds. The molecule has 2 rings (SSSR count). The molecule has 0 aliphatic carbocycles. The number of carbonyl (C=O) groups excluding carboxylic acids is 1. The van der Waals surface area contributed by atoms with Crippen LogP contribution < -0.4 is 14.4 Å². The van der Waals surface area contributed by atoms with E-state index in [2.05, 4.69) is 0 Å². The summed E-state index contributed by atoms with van der Waals surface area (Å²) < 4.78 is 15.9. The van der Waals surface area contributed by atoms with E-state index in [1.54, 1.807) is 31.4 Å². The second kappa shape index (κ2) is 8.63. The molecule has 0 spiro atoms. The van der Waals surface area contributed by atoms with Gasteiger partial charge in [-0.1, -0.05) is 0 Å². The minimum Gasteiger partial charge on any atom is -0.497 e. The Morgan fingerprint density at radius 2 is 1.77 bits per heavy atom. The van der Waals surface area contributed by atoms with E-state index in [0.717, 1.165) is 12.3 Å². The zero-order valence-electron chi connectivity index (χ0n) is 13.5. The Balaban J connectivity index is 1.67.